The number of amides is 1. The summed E-state index contributed by atoms with van der Waals surface area (Å²) >= 11 is 0. The van der Waals surface area contributed by atoms with Crippen molar-refractivity contribution in [1.29, 1.82) is 0 Å². The van der Waals surface area contributed by atoms with Crippen LogP contribution in [-0.2, 0) is 4.74 Å². The van der Waals surface area contributed by atoms with Gasteiger partial charge in [-0.3, -0.25) is 0 Å². The van der Waals surface area contributed by atoms with Crippen LogP contribution >= 0.6 is 0 Å². The highest BCUT2D eigenvalue weighted by molar-refractivity contribution is 5.67. The summed E-state index contributed by atoms with van der Waals surface area (Å²) in [6.07, 6.45) is 0.462. The minimum Gasteiger partial charge on any atom is -0.444 e. The van der Waals surface area contributed by atoms with Crippen molar-refractivity contribution < 1.29 is 19.7 Å². The van der Waals surface area contributed by atoms with E-state index in [1.165, 1.54) is 12.4 Å². The molecule has 0 saturated carbocycles. The van der Waals surface area contributed by atoms with Gasteiger partial charge in [-0.15, -0.1) is 0 Å². The molecule has 0 fully saturated rings. The number of ether oxygens (including phenoxy) is 1. The van der Waals surface area contributed by atoms with Crippen LogP contribution in [0.3, 0.4) is 0 Å². The van der Waals surface area contributed by atoms with Crippen LogP contribution in [0, 0.1) is 6.92 Å². The number of aliphatic hydroxyl groups is 2. The Balaban J connectivity index is 2.38. The van der Waals surface area contributed by atoms with Crippen molar-refractivity contribution in [1.82, 2.24) is 15.3 Å². The van der Waals surface area contributed by atoms with Crippen molar-refractivity contribution in [2.75, 3.05) is 6.54 Å². The largest absolute Gasteiger partial charge is 0.444 e. The van der Waals surface area contributed by atoms with Crippen LogP contribution in [0.1, 0.15) is 44.7 Å². The van der Waals surface area contributed by atoms with Crippen molar-refractivity contribution >= 4 is 6.09 Å². The molecule has 1 aromatic heterocycles. The summed E-state index contributed by atoms with van der Waals surface area (Å²) in [6, 6.07) is 0. The molecule has 0 radical (unpaired) electrons. The zero-order valence-corrected chi connectivity index (χ0v) is 12.8. The maximum Gasteiger partial charge on any atom is 0.407 e. The van der Waals surface area contributed by atoms with E-state index in [0.717, 1.165) is 0 Å². The van der Waals surface area contributed by atoms with Gasteiger partial charge in [0.15, 0.2) is 0 Å². The van der Waals surface area contributed by atoms with Gasteiger partial charge in [0.2, 0.25) is 0 Å². The van der Waals surface area contributed by atoms with Gasteiger partial charge in [-0.2, -0.15) is 0 Å². The average Bonchev–Trinajstić information content (AvgIpc) is 2.36. The minimum absolute atomic E-state index is 0.189. The first-order valence-electron chi connectivity index (χ1n) is 6.80. The number of carbonyl (C=O) groups excluding carboxylic acids is 1. The molecule has 118 valence electrons. The lowest BCUT2D eigenvalue weighted by Crippen LogP contribution is -2.34. The van der Waals surface area contributed by atoms with Crippen molar-refractivity contribution in [2.45, 2.75) is 51.9 Å². The third-order valence-corrected chi connectivity index (χ3v) is 2.62. The van der Waals surface area contributed by atoms with E-state index in [4.69, 9.17) is 4.74 Å². The number of hydrogen-bond acceptors (Lipinski definition) is 6. The lowest BCUT2D eigenvalue weighted by molar-refractivity contribution is 0.0119. The van der Waals surface area contributed by atoms with Gasteiger partial charge < -0.3 is 20.3 Å². The van der Waals surface area contributed by atoms with Gasteiger partial charge in [0.1, 0.15) is 17.5 Å². The predicted molar refractivity (Wildman–Crippen MR) is 76.6 cm³/mol. The Hall–Kier alpha value is -1.73. The first kappa shape index (κ1) is 17.3. The molecule has 0 aliphatic carbocycles. The van der Waals surface area contributed by atoms with E-state index in [9.17, 15) is 15.0 Å². The molecule has 0 aliphatic heterocycles. The first-order valence-corrected chi connectivity index (χ1v) is 6.80. The van der Waals surface area contributed by atoms with Gasteiger partial charge in [-0.05, 0) is 34.1 Å². The number of aliphatic hydroxyl groups excluding tert-OH is 2. The topological polar surface area (TPSA) is 105 Å². The number of aromatic nitrogens is 2. The van der Waals surface area contributed by atoms with Crippen LogP contribution in [0.25, 0.3) is 0 Å². The van der Waals surface area contributed by atoms with Crippen molar-refractivity contribution in [3.63, 3.8) is 0 Å². The molecule has 0 spiro atoms. The van der Waals surface area contributed by atoms with E-state index < -0.39 is 23.9 Å². The fourth-order valence-corrected chi connectivity index (χ4v) is 1.57. The smallest absolute Gasteiger partial charge is 0.407 e. The third-order valence-electron chi connectivity index (χ3n) is 2.62. The second kappa shape index (κ2) is 7.33. The van der Waals surface area contributed by atoms with E-state index in [0.29, 0.717) is 11.4 Å². The second-order valence-electron chi connectivity index (χ2n) is 5.79. The van der Waals surface area contributed by atoms with E-state index in [1.54, 1.807) is 27.7 Å². The molecule has 2 atom stereocenters. The third kappa shape index (κ3) is 6.50. The van der Waals surface area contributed by atoms with E-state index >= 15 is 0 Å². The Morgan fingerprint density at radius 2 is 1.90 bits per heavy atom. The molecule has 3 N–H and O–H groups in total. The molecule has 0 aliphatic rings. The fourth-order valence-electron chi connectivity index (χ4n) is 1.57. The summed E-state index contributed by atoms with van der Waals surface area (Å²) in [4.78, 5) is 19.3. The molecular weight excluding hydrogens is 274 g/mol. The monoisotopic (exact) mass is 297 g/mol. The second-order valence-corrected chi connectivity index (χ2v) is 5.79. The van der Waals surface area contributed by atoms with Gasteiger partial charge in [0, 0.05) is 24.5 Å². The molecule has 7 heteroatoms. The maximum absolute atomic E-state index is 11.4. The summed E-state index contributed by atoms with van der Waals surface area (Å²) in [7, 11) is 0. The van der Waals surface area contributed by atoms with E-state index in [1.807, 2.05) is 0 Å². The van der Waals surface area contributed by atoms with Crippen LogP contribution in [0.5, 0.6) is 0 Å². The normalized spacial score (nSPS) is 14.4. The lowest BCUT2D eigenvalue weighted by atomic mass is 10.1. The van der Waals surface area contributed by atoms with Crippen molar-refractivity contribution in [3.8, 4) is 0 Å². The number of hydrogen-bond donors (Lipinski definition) is 3. The zero-order valence-electron chi connectivity index (χ0n) is 12.8. The summed E-state index contributed by atoms with van der Waals surface area (Å²) in [5.74, 6) is 0.590. The molecule has 0 bridgehead atoms. The Kier molecular flexibility index (Phi) is 6.04. The number of nitrogens with one attached hydrogen (secondary N) is 1. The van der Waals surface area contributed by atoms with Crippen molar-refractivity contribution in [2.24, 2.45) is 0 Å². The number of aryl methyl sites for hydroxylation is 1. The molecular formula is C14H23N3O4. The first-order chi connectivity index (χ1) is 9.69. The summed E-state index contributed by atoms with van der Waals surface area (Å²) in [6.45, 7) is 7.23. The van der Waals surface area contributed by atoms with Gasteiger partial charge in [-0.25, -0.2) is 14.8 Å². The molecule has 0 aromatic carbocycles. The predicted octanol–water partition coefficient (Wildman–Crippen LogP) is 1.09. The minimum atomic E-state index is -1.09. The van der Waals surface area contributed by atoms with E-state index in [2.05, 4.69) is 15.3 Å². The molecule has 1 rings (SSSR count). The van der Waals surface area contributed by atoms with Gasteiger partial charge in [0.25, 0.3) is 0 Å². The fraction of sp³-hybridized carbons (Fsp3) is 0.643. The van der Waals surface area contributed by atoms with Crippen LogP contribution < -0.4 is 5.32 Å². The zero-order chi connectivity index (χ0) is 16.0. The highest BCUT2D eigenvalue weighted by Gasteiger charge is 2.20. The van der Waals surface area contributed by atoms with Crippen LogP contribution in [-0.4, -0.2) is 44.5 Å². The highest BCUT2D eigenvalue weighted by Crippen LogP contribution is 2.17. The van der Waals surface area contributed by atoms with Crippen LogP contribution in [0.2, 0.25) is 0 Å². The maximum atomic E-state index is 11.4. The van der Waals surface area contributed by atoms with Gasteiger partial charge in [0.05, 0.1) is 6.10 Å². The highest BCUT2D eigenvalue weighted by atomic mass is 16.6. The number of rotatable bonds is 5. The van der Waals surface area contributed by atoms with Crippen molar-refractivity contribution in [3.05, 3.63) is 23.8 Å². The SMILES string of the molecule is Cc1ncc(C(O)C(O)CCNC(=O)OC(C)(C)C)cn1. The number of carbonyl (C=O) groups is 1. The number of nitrogens with zero attached hydrogens (tertiary/aromatic N) is 2. The Labute approximate surface area is 124 Å². The summed E-state index contributed by atoms with van der Waals surface area (Å²) < 4.78 is 5.06. The average molecular weight is 297 g/mol. The Morgan fingerprint density at radius 3 is 2.43 bits per heavy atom. The van der Waals surface area contributed by atoms with E-state index in [-0.39, 0.29) is 13.0 Å². The summed E-state index contributed by atoms with van der Waals surface area (Å²) in [5, 5.41) is 22.4. The molecule has 2 unspecified atom stereocenters. The quantitative estimate of drug-likeness (QED) is 0.751. The Bertz CT molecular complexity index is 456. The molecule has 21 heavy (non-hydrogen) atoms. The molecule has 7 nitrogen and oxygen atoms in total. The molecule has 1 aromatic rings. The van der Waals surface area contributed by atoms with Gasteiger partial charge in [-0.1, -0.05) is 0 Å². The standard InChI is InChI=1S/C14H23N3O4/c1-9-16-7-10(8-17-9)12(19)11(18)5-6-15-13(20)21-14(2,3)4/h7-8,11-12,18-19H,5-6H2,1-4H3,(H,15,20). The van der Waals surface area contributed by atoms with Crippen LogP contribution in [0.15, 0.2) is 12.4 Å². The van der Waals surface area contributed by atoms with Crippen LogP contribution in [0.4, 0.5) is 4.79 Å². The molecule has 1 heterocycles. The Morgan fingerprint density at radius 1 is 1.33 bits per heavy atom. The molecule has 1 amide bonds. The molecule has 0 saturated heterocycles. The lowest BCUT2D eigenvalue weighted by Gasteiger charge is -2.21. The summed E-state index contributed by atoms with van der Waals surface area (Å²) in [5.41, 5.74) is -0.132. The van der Waals surface area contributed by atoms with Gasteiger partial charge >= 0.3 is 6.09 Å². The number of alkyl carbamates (subject to hydrolysis) is 1.